The summed E-state index contributed by atoms with van der Waals surface area (Å²) in [7, 11) is 3.49. The van der Waals surface area contributed by atoms with Crippen LogP contribution in [0.25, 0.3) is 0 Å². The molecule has 1 aromatic carbocycles. The van der Waals surface area contributed by atoms with E-state index in [-0.39, 0.29) is 5.82 Å². The van der Waals surface area contributed by atoms with Gasteiger partial charge in [0, 0.05) is 47.0 Å². The highest BCUT2D eigenvalue weighted by molar-refractivity contribution is 5.79. The Bertz CT molecular complexity index is 517. The first-order chi connectivity index (χ1) is 11.7. The molecule has 1 saturated heterocycles. The Morgan fingerprint density at radius 2 is 2.12 bits per heavy atom. The van der Waals surface area contributed by atoms with Crippen LogP contribution in [0.15, 0.2) is 29.3 Å². The van der Waals surface area contributed by atoms with Gasteiger partial charge in [0.15, 0.2) is 5.96 Å². The molecule has 0 saturated carbocycles. The van der Waals surface area contributed by atoms with Gasteiger partial charge in [0.2, 0.25) is 0 Å². The third kappa shape index (κ3) is 6.09. The van der Waals surface area contributed by atoms with Crippen LogP contribution >= 0.6 is 0 Å². The highest BCUT2D eigenvalue weighted by Crippen LogP contribution is 2.14. The second-order valence-corrected chi connectivity index (χ2v) is 5.93. The summed E-state index contributed by atoms with van der Waals surface area (Å²) in [6.07, 6.45) is 3.24. The molecule has 1 aliphatic heterocycles. The van der Waals surface area contributed by atoms with Gasteiger partial charge in [0.1, 0.15) is 5.82 Å². The van der Waals surface area contributed by atoms with E-state index in [9.17, 15) is 4.39 Å². The van der Waals surface area contributed by atoms with E-state index in [1.165, 1.54) is 6.07 Å². The summed E-state index contributed by atoms with van der Waals surface area (Å²) in [5.74, 6) is 0.646. The molecule has 134 valence electrons. The fourth-order valence-electron chi connectivity index (χ4n) is 2.85. The number of aliphatic imine (C=N–C) groups is 1. The lowest BCUT2D eigenvalue weighted by atomic mass is 10.1. The molecule has 0 spiro atoms. The first-order valence-corrected chi connectivity index (χ1v) is 8.53. The topological polar surface area (TPSA) is 46.1 Å². The molecule has 0 radical (unpaired) electrons. The quantitative estimate of drug-likeness (QED) is 0.471. The summed E-state index contributed by atoms with van der Waals surface area (Å²) in [6.45, 7) is 3.90. The molecule has 1 aliphatic rings. The van der Waals surface area contributed by atoms with E-state index in [1.54, 1.807) is 26.3 Å². The number of guanidine groups is 1. The van der Waals surface area contributed by atoms with Crippen LogP contribution in [0, 0.1) is 5.82 Å². The fraction of sp³-hybridized carbons (Fsp3) is 0.611. The number of halogens is 1. The highest BCUT2D eigenvalue weighted by Gasteiger charge is 2.21. The average molecular weight is 337 g/mol. The molecule has 1 N–H and O–H groups in total. The zero-order valence-corrected chi connectivity index (χ0v) is 14.6. The summed E-state index contributed by atoms with van der Waals surface area (Å²) in [5, 5.41) is 3.31. The third-order valence-corrected chi connectivity index (χ3v) is 4.14. The van der Waals surface area contributed by atoms with Gasteiger partial charge in [0.25, 0.3) is 0 Å². The Kier molecular flexibility index (Phi) is 7.98. The Balaban J connectivity index is 1.73. The summed E-state index contributed by atoms with van der Waals surface area (Å²) < 4.78 is 24.1. The number of nitrogens with one attached hydrogen (secondary N) is 1. The van der Waals surface area contributed by atoms with E-state index in [1.807, 2.05) is 6.07 Å². The molecule has 24 heavy (non-hydrogen) atoms. The van der Waals surface area contributed by atoms with Crippen LogP contribution in [0.4, 0.5) is 4.39 Å². The molecule has 5 nitrogen and oxygen atoms in total. The number of hydrogen-bond acceptors (Lipinski definition) is 3. The lowest BCUT2D eigenvalue weighted by Crippen LogP contribution is -2.46. The molecular formula is C18H28FN3O2. The molecule has 0 bridgehead atoms. The maximum Gasteiger partial charge on any atom is 0.193 e. The number of nitrogens with zero attached hydrogens (tertiary/aromatic N) is 2. The second-order valence-electron chi connectivity index (χ2n) is 5.93. The van der Waals surface area contributed by atoms with Gasteiger partial charge in [-0.15, -0.1) is 0 Å². The minimum absolute atomic E-state index is 0.212. The Hall–Kier alpha value is -1.66. The predicted octanol–water partition coefficient (Wildman–Crippen LogP) is 2.42. The number of rotatable bonds is 7. The van der Waals surface area contributed by atoms with Crippen molar-refractivity contribution in [3.63, 3.8) is 0 Å². The molecule has 0 amide bonds. The van der Waals surface area contributed by atoms with Crippen molar-refractivity contribution in [1.82, 2.24) is 10.2 Å². The van der Waals surface area contributed by atoms with Crippen molar-refractivity contribution < 1.29 is 13.9 Å². The van der Waals surface area contributed by atoms with Crippen molar-refractivity contribution in [2.45, 2.75) is 31.9 Å². The number of likely N-dealkylation sites (tertiary alicyclic amines) is 1. The second kappa shape index (κ2) is 10.3. The van der Waals surface area contributed by atoms with Crippen LogP contribution in [0.5, 0.6) is 0 Å². The minimum atomic E-state index is -0.212. The molecule has 0 aromatic heterocycles. The van der Waals surface area contributed by atoms with Gasteiger partial charge >= 0.3 is 0 Å². The van der Waals surface area contributed by atoms with Crippen LogP contribution < -0.4 is 5.32 Å². The largest absolute Gasteiger partial charge is 0.385 e. The summed E-state index contributed by atoms with van der Waals surface area (Å²) >= 11 is 0. The van der Waals surface area contributed by atoms with Crippen molar-refractivity contribution >= 4 is 5.96 Å². The van der Waals surface area contributed by atoms with E-state index in [4.69, 9.17) is 9.47 Å². The molecule has 6 heteroatoms. The van der Waals surface area contributed by atoms with Gasteiger partial charge in [-0.3, -0.25) is 4.99 Å². The SMILES string of the molecule is CN=C(NCc1cccc(F)c1)N1CCC(OCCCOC)CC1. The predicted molar refractivity (Wildman–Crippen MR) is 93.6 cm³/mol. The summed E-state index contributed by atoms with van der Waals surface area (Å²) in [4.78, 5) is 6.57. The average Bonchev–Trinajstić information content (AvgIpc) is 2.60. The molecule has 1 fully saturated rings. The molecule has 2 rings (SSSR count). The van der Waals surface area contributed by atoms with E-state index in [2.05, 4.69) is 15.2 Å². The van der Waals surface area contributed by atoms with Gasteiger partial charge < -0.3 is 19.7 Å². The fourth-order valence-corrected chi connectivity index (χ4v) is 2.85. The number of methoxy groups -OCH3 is 1. The van der Waals surface area contributed by atoms with Crippen molar-refractivity contribution in [2.75, 3.05) is 40.5 Å². The van der Waals surface area contributed by atoms with Crippen molar-refractivity contribution in [3.8, 4) is 0 Å². The molecule has 1 aromatic rings. The van der Waals surface area contributed by atoms with Gasteiger partial charge in [-0.2, -0.15) is 0 Å². The monoisotopic (exact) mass is 337 g/mol. The van der Waals surface area contributed by atoms with E-state index in [0.717, 1.165) is 57.1 Å². The van der Waals surface area contributed by atoms with Crippen LogP contribution in [0.3, 0.4) is 0 Å². The van der Waals surface area contributed by atoms with E-state index < -0.39 is 0 Å². The molecule has 0 aliphatic carbocycles. The third-order valence-electron chi connectivity index (χ3n) is 4.14. The lowest BCUT2D eigenvalue weighted by molar-refractivity contribution is 0.00989. The van der Waals surface area contributed by atoms with Crippen LogP contribution in [0.1, 0.15) is 24.8 Å². The minimum Gasteiger partial charge on any atom is -0.385 e. The molecule has 1 heterocycles. The number of benzene rings is 1. The van der Waals surface area contributed by atoms with Gasteiger partial charge in [0.05, 0.1) is 6.10 Å². The van der Waals surface area contributed by atoms with Crippen LogP contribution in [-0.4, -0.2) is 57.4 Å². The molecule has 0 unspecified atom stereocenters. The number of ether oxygens (including phenoxy) is 2. The molecular weight excluding hydrogens is 309 g/mol. The van der Waals surface area contributed by atoms with Gasteiger partial charge in [-0.25, -0.2) is 4.39 Å². The van der Waals surface area contributed by atoms with Crippen LogP contribution in [0.2, 0.25) is 0 Å². The van der Waals surface area contributed by atoms with E-state index >= 15 is 0 Å². The smallest absolute Gasteiger partial charge is 0.193 e. The van der Waals surface area contributed by atoms with Crippen molar-refractivity contribution in [1.29, 1.82) is 0 Å². The number of hydrogen-bond donors (Lipinski definition) is 1. The highest BCUT2D eigenvalue weighted by atomic mass is 19.1. The van der Waals surface area contributed by atoms with Crippen LogP contribution in [-0.2, 0) is 16.0 Å². The Morgan fingerprint density at radius 3 is 2.79 bits per heavy atom. The molecule has 0 atom stereocenters. The maximum absolute atomic E-state index is 13.2. The zero-order valence-electron chi connectivity index (χ0n) is 14.6. The summed E-state index contributed by atoms with van der Waals surface area (Å²) in [5.41, 5.74) is 0.910. The summed E-state index contributed by atoms with van der Waals surface area (Å²) in [6, 6.07) is 6.63. The number of piperidine rings is 1. The first-order valence-electron chi connectivity index (χ1n) is 8.53. The zero-order chi connectivity index (χ0) is 17.2. The normalized spacial score (nSPS) is 16.5. The lowest BCUT2D eigenvalue weighted by Gasteiger charge is -2.34. The van der Waals surface area contributed by atoms with Gasteiger partial charge in [-0.05, 0) is 37.0 Å². The van der Waals surface area contributed by atoms with Crippen molar-refractivity contribution in [2.24, 2.45) is 4.99 Å². The van der Waals surface area contributed by atoms with E-state index in [0.29, 0.717) is 12.6 Å². The standard InChI is InChI=1S/C18H28FN3O2/c1-20-18(21-14-15-5-3-6-16(19)13-15)22-9-7-17(8-10-22)24-12-4-11-23-2/h3,5-6,13,17H,4,7-12,14H2,1-2H3,(H,20,21). The first kappa shape index (κ1) is 18.7. The Labute approximate surface area is 143 Å². The van der Waals surface area contributed by atoms with Crippen molar-refractivity contribution in [3.05, 3.63) is 35.6 Å². The Morgan fingerprint density at radius 1 is 1.33 bits per heavy atom. The van der Waals surface area contributed by atoms with Gasteiger partial charge in [-0.1, -0.05) is 12.1 Å². The maximum atomic E-state index is 13.2.